The maximum absolute atomic E-state index is 9.86. The first-order valence-corrected chi connectivity index (χ1v) is 3.67. The van der Waals surface area contributed by atoms with Crippen molar-refractivity contribution in [3.63, 3.8) is 0 Å². The number of hydrogen-bond acceptors (Lipinski definition) is 2. The summed E-state index contributed by atoms with van der Waals surface area (Å²) in [5.41, 5.74) is 0. The SMILES string of the molecule is CCN(CC)CC=CC=O. The number of likely N-dealkylation sites (N-methyl/N-ethyl adjacent to an activating group) is 1. The van der Waals surface area contributed by atoms with Crippen molar-refractivity contribution < 1.29 is 4.79 Å². The lowest BCUT2D eigenvalue weighted by Gasteiger charge is -2.14. The molecule has 2 heteroatoms. The second-order valence-corrected chi connectivity index (χ2v) is 2.05. The van der Waals surface area contributed by atoms with Crippen LogP contribution >= 0.6 is 0 Å². The number of allylic oxidation sites excluding steroid dienone is 1. The van der Waals surface area contributed by atoms with Crippen molar-refractivity contribution in [2.24, 2.45) is 0 Å². The number of nitrogens with zero attached hydrogens (tertiary/aromatic N) is 1. The lowest BCUT2D eigenvalue weighted by Crippen LogP contribution is -2.22. The van der Waals surface area contributed by atoms with Gasteiger partial charge in [-0.15, -0.1) is 0 Å². The third-order valence-electron chi connectivity index (χ3n) is 1.47. The maximum Gasteiger partial charge on any atom is 0.142 e. The van der Waals surface area contributed by atoms with E-state index in [1.54, 1.807) is 6.08 Å². The molecule has 0 heterocycles. The Kier molecular flexibility index (Phi) is 6.08. The van der Waals surface area contributed by atoms with Crippen LogP contribution in [0.3, 0.4) is 0 Å². The molecule has 0 radical (unpaired) electrons. The van der Waals surface area contributed by atoms with Crippen LogP contribution in [0.5, 0.6) is 0 Å². The molecule has 0 aliphatic rings. The van der Waals surface area contributed by atoms with Crippen LogP contribution < -0.4 is 0 Å². The molecule has 0 rings (SSSR count). The van der Waals surface area contributed by atoms with Crippen LogP contribution in [0.15, 0.2) is 12.2 Å². The van der Waals surface area contributed by atoms with Crippen molar-refractivity contribution >= 4 is 6.29 Å². The van der Waals surface area contributed by atoms with E-state index in [0.29, 0.717) is 0 Å². The quantitative estimate of drug-likeness (QED) is 0.422. The summed E-state index contributed by atoms with van der Waals surface area (Å²) in [6.45, 7) is 7.18. The molecule has 58 valence electrons. The minimum absolute atomic E-state index is 0.809. The highest BCUT2D eigenvalue weighted by Crippen LogP contribution is 1.85. The first-order valence-electron chi connectivity index (χ1n) is 3.67. The van der Waals surface area contributed by atoms with Gasteiger partial charge in [-0.1, -0.05) is 19.9 Å². The molecule has 2 nitrogen and oxygen atoms in total. The molecule has 0 bridgehead atoms. The summed E-state index contributed by atoms with van der Waals surface area (Å²) in [5.74, 6) is 0. The third kappa shape index (κ3) is 4.27. The van der Waals surface area contributed by atoms with Gasteiger partial charge in [0.2, 0.25) is 0 Å². The van der Waals surface area contributed by atoms with Gasteiger partial charge in [-0.05, 0) is 19.2 Å². The minimum atomic E-state index is 0.809. The second kappa shape index (κ2) is 6.49. The van der Waals surface area contributed by atoms with Crippen molar-refractivity contribution in [2.45, 2.75) is 13.8 Å². The number of aldehydes is 1. The zero-order valence-electron chi connectivity index (χ0n) is 6.71. The van der Waals surface area contributed by atoms with Gasteiger partial charge in [0.1, 0.15) is 6.29 Å². The van der Waals surface area contributed by atoms with E-state index in [9.17, 15) is 4.79 Å². The molecule has 0 aromatic rings. The Hall–Kier alpha value is -0.630. The van der Waals surface area contributed by atoms with Crippen LogP contribution in [0.1, 0.15) is 13.8 Å². The molecule has 10 heavy (non-hydrogen) atoms. The molecule has 0 unspecified atom stereocenters. The molecule has 0 spiro atoms. The molecule has 0 aliphatic heterocycles. The summed E-state index contributed by atoms with van der Waals surface area (Å²) in [4.78, 5) is 12.1. The van der Waals surface area contributed by atoms with Crippen LogP contribution in [0.25, 0.3) is 0 Å². The highest BCUT2D eigenvalue weighted by atomic mass is 16.1. The fraction of sp³-hybridized carbons (Fsp3) is 0.625. The number of carbonyl (C=O) groups is 1. The molecule has 0 saturated carbocycles. The number of carbonyl (C=O) groups excluding carboxylic acids is 1. The second-order valence-electron chi connectivity index (χ2n) is 2.05. The van der Waals surface area contributed by atoms with Gasteiger partial charge in [0.25, 0.3) is 0 Å². The predicted molar refractivity (Wildman–Crippen MR) is 43.0 cm³/mol. The monoisotopic (exact) mass is 141 g/mol. The molecule has 0 fully saturated rings. The summed E-state index contributed by atoms with van der Waals surface area (Å²) in [7, 11) is 0. The Balaban J connectivity index is 3.43. The van der Waals surface area contributed by atoms with Crippen molar-refractivity contribution in [3.05, 3.63) is 12.2 Å². The molecular formula is C8H15NO. The normalized spacial score (nSPS) is 11.1. The topological polar surface area (TPSA) is 20.3 Å². The molecule has 0 saturated heterocycles. The Morgan fingerprint density at radius 1 is 1.30 bits per heavy atom. The third-order valence-corrected chi connectivity index (χ3v) is 1.47. The average Bonchev–Trinajstić information content (AvgIpc) is 1.99. The van der Waals surface area contributed by atoms with Crippen molar-refractivity contribution in [3.8, 4) is 0 Å². The van der Waals surface area contributed by atoms with Gasteiger partial charge in [-0.3, -0.25) is 4.79 Å². The summed E-state index contributed by atoms with van der Waals surface area (Å²) in [6, 6.07) is 0. The standard InChI is InChI=1S/C8H15NO/c1-3-9(4-2)7-5-6-8-10/h5-6,8H,3-4,7H2,1-2H3. The highest BCUT2D eigenvalue weighted by molar-refractivity contribution is 5.64. The Morgan fingerprint density at radius 3 is 2.30 bits per heavy atom. The first kappa shape index (κ1) is 9.37. The summed E-state index contributed by atoms with van der Waals surface area (Å²) in [6.07, 6.45) is 4.22. The molecule has 0 N–H and O–H groups in total. The van der Waals surface area contributed by atoms with E-state index in [-0.39, 0.29) is 0 Å². The minimum Gasteiger partial charge on any atom is -0.300 e. The van der Waals surface area contributed by atoms with E-state index >= 15 is 0 Å². The molecule has 0 aliphatic carbocycles. The van der Waals surface area contributed by atoms with E-state index in [1.807, 2.05) is 6.08 Å². The summed E-state index contributed by atoms with van der Waals surface area (Å²) < 4.78 is 0. The smallest absolute Gasteiger partial charge is 0.142 e. The van der Waals surface area contributed by atoms with Crippen LogP contribution in [0, 0.1) is 0 Å². The van der Waals surface area contributed by atoms with E-state index in [1.165, 1.54) is 0 Å². The van der Waals surface area contributed by atoms with Crippen molar-refractivity contribution in [2.75, 3.05) is 19.6 Å². The molecular weight excluding hydrogens is 126 g/mol. The average molecular weight is 141 g/mol. The van der Waals surface area contributed by atoms with Crippen molar-refractivity contribution in [1.29, 1.82) is 0 Å². The van der Waals surface area contributed by atoms with Gasteiger partial charge in [0.05, 0.1) is 0 Å². The highest BCUT2D eigenvalue weighted by Gasteiger charge is 1.92. The molecule has 0 atom stereocenters. The zero-order chi connectivity index (χ0) is 7.82. The van der Waals surface area contributed by atoms with Crippen LogP contribution in [0.4, 0.5) is 0 Å². The van der Waals surface area contributed by atoms with E-state index in [2.05, 4.69) is 18.7 Å². The predicted octanol–water partition coefficient (Wildman–Crippen LogP) is 1.08. The summed E-state index contributed by atoms with van der Waals surface area (Å²) >= 11 is 0. The van der Waals surface area contributed by atoms with E-state index in [0.717, 1.165) is 25.9 Å². The number of rotatable bonds is 5. The maximum atomic E-state index is 9.86. The lowest BCUT2D eigenvalue weighted by molar-refractivity contribution is -0.104. The molecule has 0 aromatic carbocycles. The Morgan fingerprint density at radius 2 is 1.90 bits per heavy atom. The summed E-state index contributed by atoms with van der Waals surface area (Å²) in [5, 5.41) is 0. The zero-order valence-corrected chi connectivity index (χ0v) is 6.71. The molecule has 0 amide bonds. The lowest BCUT2D eigenvalue weighted by atomic mass is 10.4. The van der Waals surface area contributed by atoms with Gasteiger partial charge in [0.15, 0.2) is 0 Å². The van der Waals surface area contributed by atoms with Gasteiger partial charge < -0.3 is 4.90 Å². The van der Waals surface area contributed by atoms with Crippen LogP contribution in [-0.2, 0) is 4.79 Å². The Bertz CT molecular complexity index is 106. The van der Waals surface area contributed by atoms with Gasteiger partial charge >= 0.3 is 0 Å². The Labute approximate surface area is 62.5 Å². The van der Waals surface area contributed by atoms with E-state index < -0.39 is 0 Å². The fourth-order valence-corrected chi connectivity index (χ4v) is 0.747. The van der Waals surface area contributed by atoms with Crippen LogP contribution in [-0.4, -0.2) is 30.8 Å². The molecule has 0 aromatic heterocycles. The first-order chi connectivity index (χ1) is 4.85. The number of hydrogen-bond donors (Lipinski definition) is 0. The fourth-order valence-electron chi connectivity index (χ4n) is 0.747. The largest absolute Gasteiger partial charge is 0.300 e. The van der Waals surface area contributed by atoms with Gasteiger partial charge in [-0.25, -0.2) is 0 Å². The van der Waals surface area contributed by atoms with Crippen molar-refractivity contribution in [1.82, 2.24) is 4.90 Å². The van der Waals surface area contributed by atoms with Gasteiger partial charge in [0, 0.05) is 6.54 Å². The van der Waals surface area contributed by atoms with Gasteiger partial charge in [-0.2, -0.15) is 0 Å². The van der Waals surface area contributed by atoms with Crippen LogP contribution in [0.2, 0.25) is 0 Å². The van der Waals surface area contributed by atoms with E-state index in [4.69, 9.17) is 0 Å².